The van der Waals surface area contributed by atoms with Gasteiger partial charge in [-0.15, -0.1) is 11.8 Å². The number of carbonyl (C=O) groups is 1. The molecule has 1 fully saturated rings. The van der Waals surface area contributed by atoms with E-state index in [1.807, 2.05) is 11.8 Å². The number of carbonyl (C=O) groups excluding carboxylic acids is 1. The molecule has 0 aromatic rings. The van der Waals surface area contributed by atoms with Gasteiger partial charge in [0.1, 0.15) is 0 Å². The van der Waals surface area contributed by atoms with Gasteiger partial charge in [0.15, 0.2) is 0 Å². The van der Waals surface area contributed by atoms with E-state index in [0.29, 0.717) is 11.9 Å². The van der Waals surface area contributed by atoms with Crippen molar-refractivity contribution >= 4 is 5.91 Å². The third-order valence-electron chi connectivity index (χ3n) is 2.34. The number of amides is 1. The first-order valence-corrected chi connectivity index (χ1v) is 5.01. The lowest BCUT2D eigenvalue weighted by Gasteiger charge is -2.22. The first-order valence-electron chi connectivity index (χ1n) is 5.01. The van der Waals surface area contributed by atoms with Crippen LogP contribution in [0.4, 0.5) is 0 Å². The summed E-state index contributed by atoms with van der Waals surface area (Å²) in [5.41, 5.74) is 0. The summed E-state index contributed by atoms with van der Waals surface area (Å²) in [5, 5.41) is 0. The molecule has 0 aromatic carbocycles. The highest BCUT2D eigenvalue weighted by molar-refractivity contribution is 5.78. The van der Waals surface area contributed by atoms with E-state index in [2.05, 4.69) is 18.8 Å². The Balaban J connectivity index is 2.38. The van der Waals surface area contributed by atoms with Crippen molar-refractivity contribution in [3.8, 4) is 11.8 Å². The van der Waals surface area contributed by atoms with Gasteiger partial charge in [-0.1, -0.05) is 6.92 Å². The molecule has 1 unspecified atom stereocenters. The SMILES string of the molecule is CCC#CCC(C)N1CCCC1=O. The maximum absolute atomic E-state index is 11.3. The zero-order chi connectivity index (χ0) is 9.68. The Kier molecular flexibility index (Phi) is 3.82. The highest BCUT2D eigenvalue weighted by Gasteiger charge is 2.23. The van der Waals surface area contributed by atoms with Crippen LogP contribution in [0.5, 0.6) is 0 Å². The quantitative estimate of drug-likeness (QED) is 0.592. The molecule has 1 saturated heterocycles. The van der Waals surface area contributed by atoms with Gasteiger partial charge >= 0.3 is 0 Å². The van der Waals surface area contributed by atoms with E-state index in [4.69, 9.17) is 0 Å². The van der Waals surface area contributed by atoms with Crippen molar-refractivity contribution < 1.29 is 4.79 Å². The second-order valence-corrected chi connectivity index (χ2v) is 3.45. The lowest BCUT2D eigenvalue weighted by atomic mass is 10.2. The van der Waals surface area contributed by atoms with Crippen LogP contribution in [-0.4, -0.2) is 23.4 Å². The standard InChI is InChI=1S/C11H17NO/c1-3-4-5-7-10(2)12-9-6-8-11(12)13/h10H,3,6-9H2,1-2H3. The van der Waals surface area contributed by atoms with Crippen LogP contribution in [-0.2, 0) is 4.79 Å². The van der Waals surface area contributed by atoms with Gasteiger partial charge in [0.05, 0.1) is 0 Å². The van der Waals surface area contributed by atoms with Crippen LogP contribution in [0, 0.1) is 11.8 Å². The average molecular weight is 179 g/mol. The predicted octanol–water partition coefficient (Wildman–Crippen LogP) is 1.80. The fourth-order valence-electron chi connectivity index (χ4n) is 1.59. The molecule has 72 valence electrons. The second kappa shape index (κ2) is 4.91. The van der Waals surface area contributed by atoms with Gasteiger partial charge < -0.3 is 4.90 Å². The van der Waals surface area contributed by atoms with Crippen LogP contribution in [0.2, 0.25) is 0 Å². The molecule has 0 radical (unpaired) electrons. The lowest BCUT2D eigenvalue weighted by molar-refractivity contribution is -0.129. The Morgan fingerprint density at radius 3 is 2.85 bits per heavy atom. The van der Waals surface area contributed by atoms with Gasteiger partial charge in [0.2, 0.25) is 5.91 Å². The minimum atomic E-state index is 0.297. The van der Waals surface area contributed by atoms with Crippen molar-refractivity contribution in [2.45, 2.75) is 45.6 Å². The Morgan fingerprint density at radius 2 is 2.31 bits per heavy atom. The molecule has 0 spiro atoms. The average Bonchev–Trinajstić information content (AvgIpc) is 2.52. The van der Waals surface area contributed by atoms with Gasteiger partial charge in [-0.3, -0.25) is 4.79 Å². The largest absolute Gasteiger partial charge is 0.339 e. The van der Waals surface area contributed by atoms with Gasteiger partial charge in [-0.2, -0.15) is 0 Å². The molecule has 13 heavy (non-hydrogen) atoms. The van der Waals surface area contributed by atoms with Crippen LogP contribution in [0.1, 0.15) is 39.5 Å². The molecule has 1 aliphatic rings. The number of likely N-dealkylation sites (tertiary alicyclic amines) is 1. The van der Waals surface area contributed by atoms with Crippen molar-refractivity contribution in [3.05, 3.63) is 0 Å². The van der Waals surface area contributed by atoms with Crippen molar-refractivity contribution in [3.63, 3.8) is 0 Å². The van der Waals surface area contributed by atoms with E-state index < -0.39 is 0 Å². The first-order chi connectivity index (χ1) is 6.25. The normalized spacial score (nSPS) is 18.3. The summed E-state index contributed by atoms with van der Waals surface area (Å²) in [6.07, 6.45) is 3.47. The molecule has 0 bridgehead atoms. The van der Waals surface area contributed by atoms with E-state index in [1.165, 1.54) is 0 Å². The fourth-order valence-corrected chi connectivity index (χ4v) is 1.59. The maximum atomic E-state index is 11.3. The molecule has 1 rings (SSSR count). The minimum absolute atomic E-state index is 0.297. The summed E-state index contributed by atoms with van der Waals surface area (Å²) in [6.45, 7) is 5.04. The molecule has 2 nitrogen and oxygen atoms in total. The van der Waals surface area contributed by atoms with Crippen molar-refractivity contribution in [1.82, 2.24) is 4.90 Å². The smallest absolute Gasteiger partial charge is 0.222 e. The topological polar surface area (TPSA) is 20.3 Å². The van der Waals surface area contributed by atoms with E-state index >= 15 is 0 Å². The number of hydrogen-bond acceptors (Lipinski definition) is 1. The van der Waals surface area contributed by atoms with Gasteiger partial charge in [0.25, 0.3) is 0 Å². The highest BCUT2D eigenvalue weighted by Crippen LogP contribution is 2.14. The Labute approximate surface area is 80.3 Å². The zero-order valence-corrected chi connectivity index (χ0v) is 8.47. The minimum Gasteiger partial charge on any atom is -0.339 e. The van der Waals surface area contributed by atoms with Crippen LogP contribution in [0.25, 0.3) is 0 Å². The maximum Gasteiger partial charge on any atom is 0.222 e. The van der Waals surface area contributed by atoms with Crippen LogP contribution < -0.4 is 0 Å². The third-order valence-corrected chi connectivity index (χ3v) is 2.34. The molecule has 1 heterocycles. The van der Waals surface area contributed by atoms with Crippen LogP contribution >= 0.6 is 0 Å². The molecule has 0 aromatic heterocycles. The second-order valence-electron chi connectivity index (χ2n) is 3.45. The van der Waals surface area contributed by atoms with Crippen molar-refractivity contribution in [2.24, 2.45) is 0 Å². The predicted molar refractivity (Wildman–Crippen MR) is 53.1 cm³/mol. The van der Waals surface area contributed by atoms with E-state index in [-0.39, 0.29) is 0 Å². The Bertz CT molecular complexity index is 236. The van der Waals surface area contributed by atoms with Crippen molar-refractivity contribution in [1.29, 1.82) is 0 Å². The summed E-state index contributed by atoms with van der Waals surface area (Å²) < 4.78 is 0. The Morgan fingerprint density at radius 1 is 1.54 bits per heavy atom. The molecule has 1 aliphatic heterocycles. The summed E-state index contributed by atoms with van der Waals surface area (Å²) in [6, 6.07) is 0.300. The zero-order valence-electron chi connectivity index (χ0n) is 8.47. The van der Waals surface area contributed by atoms with Crippen LogP contribution in [0.15, 0.2) is 0 Å². The lowest BCUT2D eigenvalue weighted by Crippen LogP contribution is -2.33. The van der Waals surface area contributed by atoms with Gasteiger partial charge in [-0.05, 0) is 13.3 Å². The monoisotopic (exact) mass is 179 g/mol. The number of nitrogens with zero attached hydrogens (tertiary/aromatic N) is 1. The van der Waals surface area contributed by atoms with Gasteiger partial charge in [0, 0.05) is 31.8 Å². The molecular weight excluding hydrogens is 162 g/mol. The molecule has 0 N–H and O–H groups in total. The Hall–Kier alpha value is -0.970. The number of rotatable bonds is 2. The summed E-state index contributed by atoms with van der Waals surface area (Å²) in [4.78, 5) is 13.3. The third kappa shape index (κ3) is 2.77. The van der Waals surface area contributed by atoms with E-state index in [1.54, 1.807) is 0 Å². The molecular formula is C11H17NO. The summed E-state index contributed by atoms with van der Waals surface area (Å²) in [7, 11) is 0. The first kappa shape index (κ1) is 10.1. The summed E-state index contributed by atoms with van der Waals surface area (Å²) >= 11 is 0. The molecule has 1 amide bonds. The van der Waals surface area contributed by atoms with E-state index in [9.17, 15) is 4.79 Å². The van der Waals surface area contributed by atoms with E-state index in [0.717, 1.165) is 32.2 Å². The molecule has 0 saturated carbocycles. The van der Waals surface area contributed by atoms with Crippen LogP contribution in [0.3, 0.4) is 0 Å². The van der Waals surface area contributed by atoms with Gasteiger partial charge in [-0.25, -0.2) is 0 Å². The summed E-state index contributed by atoms with van der Waals surface area (Å²) in [5.74, 6) is 6.41. The molecule has 1 atom stereocenters. The fraction of sp³-hybridized carbons (Fsp3) is 0.727. The van der Waals surface area contributed by atoms with Crippen molar-refractivity contribution in [2.75, 3.05) is 6.54 Å². The number of hydrogen-bond donors (Lipinski definition) is 0. The molecule has 0 aliphatic carbocycles. The molecule has 2 heteroatoms. The highest BCUT2D eigenvalue weighted by atomic mass is 16.2.